The normalized spacial score (nSPS) is 12.4. The van der Waals surface area contributed by atoms with Crippen LogP contribution in [0.2, 0.25) is 0 Å². The van der Waals surface area contributed by atoms with Crippen LogP contribution in [0.15, 0.2) is 40.9 Å². The molecule has 2 N–H and O–H groups in total. The average molecular weight is 405 g/mol. The molecule has 0 bridgehead atoms. The number of rotatable bonds is 4. The molecule has 0 saturated carbocycles. The van der Waals surface area contributed by atoms with Crippen molar-refractivity contribution in [1.82, 2.24) is 0 Å². The first-order chi connectivity index (χ1) is 12.0. The zero-order valence-corrected chi connectivity index (χ0v) is 15.2. The van der Waals surface area contributed by atoms with Crippen molar-refractivity contribution >= 4 is 39.1 Å². The van der Waals surface area contributed by atoms with E-state index in [0.29, 0.717) is 36.1 Å². The summed E-state index contributed by atoms with van der Waals surface area (Å²) in [5, 5.41) is 5.51. The lowest BCUT2D eigenvalue weighted by Gasteiger charge is -2.19. The first-order valence-electron chi connectivity index (χ1n) is 7.77. The summed E-state index contributed by atoms with van der Waals surface area (Å²) in [6.07, 6.45) is 0.199. The number of carbonyl (C=O) groups excluding carboxylic acids is 2. The summed E-state index contributed by atoms with van der Waals surface area (Å²) in [4.78, 5) is 23.3. The van der Waals surface area contributed by atoms with E-state index in [4.69, 9.17) is 9.47 Å². The highest BCUT2D eigenvalue weighted by atomic mass is 79.9. The minimum absolute atomic E-state index is 0.139. The van der Waals surface area contributed by atoms with Gasteiger partial charge in [-0.2, -0.15) is 0 Å². The van der Waals surface area contributed by atoms with Crippen LogP contribution in [0, 0.1) is 0 Å². The first-order valence-corrected chi connectivity index (χ1v) is 8.56. The summed E-state index contributed by atoms with van der Waals surface area (Å²) in [6, 6.07) is 10.6. The molecule has 0 saturated heterocycles. The number of halogens is 1. The topological polar surface area (TPSA) is 76.7 Å². The van der Waals surface area contributed by atoms with E-state index in [-0.39, 0.29) is 18.2 Å². The van der Waals surface area contributed by atoms with Crippen molar-refractivity contribution in [2.45, 2.75) is 13.3 Å². The lowest BCUT2D eigenvalue weighted by Crippen LogP contribution is -2.17. The molecule has 2 aromatic rings. The summed E-state index contributed by atoms with van der Waals surface area (Å²) in [5.74, 6) is 1.04. The molecule has 2 amide bonds. The van der Waals surface area contributed by atoms with Crippen molar-refractivity contribution in [3.8, 4) is 11.5 Å². The van der Waals surface area contributed by atoms with Crippen LogP contribution in [0.4, 0.5) is 11.4 Å². The first kappa shape index (κ1) is 17.3. The number of amides is 2. The maximum atomic E-state index is 12.3. The van der Waals surface area contributed by atoms with E-state index < -0.39 is 0 Å². The van der Waals surface area contributed by atoms with Crippen molar-refractivity contribution < 1.29 is 19.1 Å². The Hall–Kier alpha value is -2.54. The summed E-state index contributed by atoms with van der Waals surface area (Å²) in [7, 11) is 0. The van der Waals surface area contributed by atoms with Gasteiger partial charge >= 0.3 is 0 Å². The molecule has 1 aliphatic heterocycles. The van der Waals surface area contributed by atoms with Crippen LogP contribution in [-0.4, -0.2) is 25.0 Å². The van der Waals surface area contributed by atoms with E-state index in [0.717, 1.165) is 10.0 Å². The summed E-state index contributed by atoms with van der Waals surface area (Å²) in [5.41, 5.74) is 2.16. The molecule has 1 aliphatic rings. The predicted octanol–water partition coefficient (Wildman–Crippen LogP) is 3.36. The van der Waals surface area contributed by atoms with Crippen molar-refractivity contribution in [2.24, 2.45) is 0 Å². The number of hydrogen-bond donors (Lipinski definition) is 2. The Morgan fingerprint density at radius 2 is 1.56 bits per heavy atom. The fourth-order valence-corrected chi connectivity index (χ4v) is 2.92. The average Bonchev–Trinajstić information content (AvgIpc) is 2.57. The van der Waals surface area contributed by atoms with Crippen LogP contribution in [0.5, 0.6) is 11.5 Å². The van der Waals surface area contributed by atoms with Crippen LogP contribution in [-0.2, 0) is 16.0 Å². The highest BCUT2D eigenvalue weighted by Gasteiger charge is 2.16. The molecule has 1 heterocycles. The van der Waals surface area contributed by atoms with Crippen molar-refractivity contribution in [1.29, 1.82) is 0 Å². The standard InChI is InChI=1S/C18H17BrN2O4/c1-11(22)20-13-2-4-14(5-3-13)21-18(23)9-12-8-16-17(10-15(12)19)25-7-6-24-16/h2-5,8,10H,6-7,9H2,1H3,(H,20,22)(H,21,23). The number of benzene rings is 2. The van der Waals surface area contributed by atoms with Gasteiger partial charge < -0.3 is 20.1 Å². The Bertz CT molecular complexity index is 805. The fourth-order valence-electron chi connectivity index (χ4n) is 2.46. The highest BCUT2D eigenvalue weighted by Crippen LogP contribution is 2.35. The molecule has 3 rings (SSSR count). The third-order valence-electron chi connectivity index (χ3n) is 3.55. The van der Waals surface area contributed by atoms with Gasteiger partial charge in [0.05, 0.1) is 6.42 Å². The van der Waals surface area contributed by atoms with E-state index in [9.17, 15) is 9.59 Å². The third kappa shape index (κ3) is 4.51. The van der Waals surface area contributed by atoms with E-state index in [1.165, 1.54) is 6.92 Å². The molecule has 0 spiro atoms. The molecule has 0 unspecified atom stereocenters. The maximum Gasteiger partial charge on any atom is 0.228 e. The molecular formula is C18H17BrN2O4. The summed E-state index contributed by atoms with van der Waals surface area (Å²) < 4.78 is 11.9. The molecule has 0 aliphatic carbocycles. The monoisotopic (exact) mass is 404 g/mol. The molecule has 2 aromatic carbocycles. The van der Waals surface area contributed by atoms with Gasteiger partial charge in [-0.3, -0.25) is 9.59 Å². The highest BCUT2D eigenvalue weighted by molar-refractivity contribution is 9.10. The SMILES string of the molecule is CC(=O)Nc1ccc(NC(=O)Cc2cc3c(cc2Br)OCCO3)cc1. The minimum Gasteiger partial charge on any atom is -0.486 e. The van der Waals surface area contributed by atoms with Gasteiger partial charge in [0.25, 0.3) is 0 Å². The van der Waals surface area contributed by atoms with Gasteiger partial charge in [0.1, 0.15) is 13.2 Å². The molecule has 6 nitrogen and oxygen atoms in total. The predicted molar refractivity (Wildman–Crippen MR) is 98.2 cm³/mol. The molecule has 0 aromatic heterocycles. The van der Waals surface area contributed by atoms with Crippen molar-refractivity contribution in [3.05, 3.63) is 46.4 Å². The second kappa shape index (κ2) is 7.57. The Kier molecular flexibility index (Phi) is 5.23. The molecule has 0 radical (unpaired) electrons. The number of anilines is 2. The van der Waals surface area contributed by atoms with Crippen molar-refractivity contribution in [3.63, 3.8) is 0 Å². The summed E-state index contributed by atoms with van der Waals surface area (Å²) in [6.45, 7) is 2.47. The molecule has 0 fully saturated rings. The Morgan fingerprint density at radius 1 is 1.00 bits per heavy atom. The largest absolute Gasteiger partial charge is 0.486 e. The van der Waals surface area contributed by atoms with E-state index in [1.54, 1.807) is 24.3 Å². The van der Waals surface area contributed by atoms with Gasteiger partial charge in [-0.05, 0) is 42.0 Å². The van der Waals surface area contributed by atoms with Crippen LogP contribution in [0.3, 0.4) is 0 Å². The minimum atomic E-state index is -0.148. The molecule has 25 heavy (non-hydrogen) atoms. The third-order valence-corrected chi connectivity index (χ3v) is 4.29. The van der Waals surface area contributed by atoms with Gasteiger partial charge in [-0.25, -0.2) is 0 Å². The van der Waals surface area contributed by atoms with Gasteiger partial charge in [-0.15, -0.1) is 0 Å². The van der Waals surface area contributed by atoms with Gasteiger partial charge in [0.2, 0.25) is 11.8 Å². The number of ether oxygens (including phenoxy) is 2. The molecule has 0 atom stereocenters. The Balaban J connectivity index is 1.65. The van der Waals surface area contributed by atoms with Gasteiger partial charge in [-0.1, -0.05) is 15.9 Å². The van der Waals surface area contributed by atoms with Gasteiger partial charge in [0.15, 0.2) is 11.5 Å². The van der Waals surface area contributed by atoms with E-state index in [1.807, 2.05) is 12.1 Å². The lowest BCUT2D eigenvalue weighted by molar-refractivity contribution is -0.116. The van der Waals surface area contributed by atoms with Crippen LogP contribution < -0.4 is 20.1 Å². The fraction of sp³-hybridized carbons (Fsp3) is 0.222. The Morgan fingerprint density at radius 3 is 2.16 bits per heavy atom. The summed E-state index contributed by atoms with van der Waals surface area (Å²) >= 11 is 3.47. The number of nitrogens with one attached hydrogen (secondary N) is 2. The maximum absolute atomic E-state index is 12.3. The second-order valence-corrected chi connectivity index (χ2v) is 6.43. The van der Waals surface area contributed by atoms with Crippen LogP contribution in [0.25, 0.3) is 0 Å². The van der Waals surface area contributed by atoms with E-state index in [2.05, 4.69) is 26.6 Å². The number of fused-ring (bicyclic) bond motifs is 1. The smallest absolute Gasteiger partial charge is 0.228 e. The number of carbonyl (C=O) groups is 2. The second-order valence-electron chi connectivity index (χ2n) is 5.57. The number of hydrogen-bond acceptors (Lipinski definition) is 4. The van der Waals surface area contributed by atoms with E-state index >= 15 is 0 Å². The van der Waals surface area contributed by atoms with Crippen molar-refractivity contribution in [2.75, 3.05) is 23.8 Å². The molecule has 130 valence electrons. The van der Waals surface area contributed by atoms with Gasteiger partial charge in [0, 0.05) is 22.8 Å². The Labute approximate surface area is 153 Å². The lowest BCUT2D eigenvalue weighted by atomic mass is 10.1. The molecular weight excluding hydrogens is 388 g/mol. The quantitative estimate of drug-likeness (QED) is 0.818. The van der Waals surface area contributed by atoms with Crippen LogP contribution >= 0.6 is 15.9 Å². The zero-order chi connectivity index (χ0) is 17.8. The molecule has 7 heteroatoms. The zero-order valence-electron chi connectivity index (χ0n) is 13.6. The van der Waals surface area contributed by atoms with Crippen LogP contribution in [0.1, 0.15) is 12.5 Å².